The molecule has 1 aliphatic rings. The van der Waals surface area contributed by atoms with E-state index in [1.165, 1.54) is 6.42 Å². The van der Waals surface area contributed by atoms with Crippen LogP contribution in [0, 0.1) is 0 Å². The Hall–Kier alpha value is -0.770. The Morgan fingerprint density at radius 1 is 1.31 bits per heavy atom. The molecule has 4 nitrogen and oxygen atoms in total. The Bertz CT molecular complexity index is 204. The highest BCUT2D eigenvalue weighted by Gasteiger charge is 2.19. The highest BCUT2D eigenvalue weighted by molar-refractivity contribution is 6.27. The fourth-order valence-corrected chi connectivity index (χ4v) is 1.15. The van der Waals surface area contributed by atoms with E-state index >= 15 is 0 Å². The van der Waals surface area contributed by atoms with Gasteiger partial charge in [0.2, 0.25) is 11.8 Å². The van der Waals surface area contributed by atoms with Gasteiger partial charge in [-0.15, -0.1) is 11.6 Å². The van der Waals surface area contributed by atoms with Crippen molar-refractivity contribution in [3.8, 4) is 0 Å². The molecule has 1 saturated carbocycles. The highest BCUT2D eigenvalue weighted by atomic mass is 35.5. The van der Waals surface area contributed by atoms with Crippen LogP contribution in [-0.2, 0) is 9.59 Å². The molecule has 1 rings (SSSR count). The van der Waals surface area contributed by atoms with Crippen LogP contribution in [0.1, 0.15) is 19.3 Å². The lowest BCUT2D eigenvalue weighted by atomic mass is 9.93. The van der Waals surface area contributed by atoms with Crippen LogP contribution in [0.25, 0.3) is 0 Å². The van der Waals surface area contributed by atoms with Crippen molar-refractivity contribution in [1.29, 1.82) is 0 Å². The lowest BCUT2D eigenvalue weighted by Crippen LogP contribution is -2.44. The topological polar surface area (TPSA) is 58.2 Å². The van der Waals surface area contributed by atoms with Gasteiger partial charge >= 0.3 is 0 Å². The summed E-state index contributed by atoms with van der Waals surface area (Å²) in [5.41, 5.74) is 0. The number of hydrogen-bond donors (Lipinski definition) is 2. The van der Waals surface area contributed by atoms with Crippen LogP contribution >= 0.6 is 11.6 Å². The van der Waals surface area contributed by atoms with Crippen molar-refractivity contribution in [1.82, 2.24) is 10.6 Å². The van der Waals surface area contributed by atoms with Crippen molar-refractivity contribution >= 4 is 23.4 Å². The zero-order valence-electron chi connectivity index (χ0n) is 7.31. The average molecular weight is 205 g/mol. The maximum absolute atomic E-state index is 11.1. The summed E-state index contributed by atoms with van der Waals surface area (Å²) in [5.74, 6) is -0.551. The van der Waals surface area contributed by atoms with Crippen molar-refractivity contribution in [3.63, 3.8) is 0 Å². The molecule has 0 saturated heterocycles. The number of carbonyl (C=O) groups excluding carboxylic acids is 2. The van der Waals surface area contributed by atoms with E-state index in [1.807, 2.05) is 0 Å². The van der Waals surface area contributed by atoms with E-state index in [9.17, 15) is 9.59 Å². The van der Waals surface area contributed by atoms with Gasteiger partial charge in [-0.2, -0.15) is 0 Å². The Labute approximate surface area is 82.0 Å². The molecule has 0 aromatic heterocycles. The Balaban J connectivity index is 2.06. The third-order valence-corrected chi connectivity index (χ3v) is 2.28. The second-order valence-electron chi connectivity index (χ2n) is 3.11. The molecule has 0 radical (unpaired) electrons. The normalized spacial score (nSPS) is 16.1. The van der Waals surface area contributed by atoms with Crippen LogP contribution in [0.15, 0.2) is 0 Å². The minimum atomic E-state index is -0.314. The molecule has 0 spiro atoms. The first-order valence-electron chi connectivity index (χ1n) is 4.34. The first-order valence-corrected chi connectivity index (χ1v) is 4.88. The van der Waals surface area contributed by atoms with Crippen LogP contribution < -0.4 is 10.6 Å². The van der Waals surface area contributed by atoms with Gasteiger partial charge in [0.1, 0.15) is 5.88 Å². The zero-order chi connectivity index (χ0) is 9.68. The van der Waals surface area contributed by atoms with Gasteiger partial charge in [0.05, 0.1) is 6.54 Å². The lowest BCUT2D eigenvalue weighted by molar-refractivity contribution is -0.125. The summed E-state index contributed by atoms with van der Waals surface area (Å²) in [5, 5.41) is 5.20. The zero-order valence-corrected chi connectivity index (χ0v) is 8.06. The number of hydrogen-bond acceptors (Lipinski definition) is 2. The number of nitrogens with one attached hydrogen (secondary N) is 2. The van der Waals surface area contributed by atoms with Crippen LogP contribution in [0.2, 0.25) is 0 Å². The maximum atomic E-state index is 11.1. The second-order valence-corrected chi connectivity index (χ2v) is 3.37. The highest BCUT2D eigenvalue weighted by Crippen LogP contribution is 2.17. The van der Waals surface area contributed by atoms with Crippen LogP contribution in [0.3, 0.4) is 0 Å². The van der Waals surface area contributed by atoms with Crippen LogP contribution in [0.4, 0.5) is 0 Å². The van der Waals surface area contributed by atoms with Gasteiger partial charge in [-0.25, -0.2) is 0 Å². The van der Waals surface area contributed by atoms with Crippen molar-refractivity contribution < 1.29 is 9.59 Å². The molecule has 0 aromatic rings. The van der Waals surface area contributed by atoms with E-state index in [-0.39, 0.29) is 24.2 Å². The van der Waals surface area contributed by atoms with Crippen LogP contribution in [0.5, 0.6) is 0 Å². The summed E-state index contributed by atoms with van der Waals surface area (Å²) in [6, 6.07) is 0.320. The van der Waals surface area contributed by atoms with Crippen molar-refractivity contribution in [2.75, 3.05) is 12.4 Å². The predicted octanol–water partition coefficient (Wildman–Crippen LogP) is 0.0101. The summed E-state index contributed by atoms with van der Waals surface area (Å²) < 4.78 is 0. The maximum Gasteiger partial charge on any atom is 0.239 e. The number of halogens is 1. The fourth-order valence-electron chi connectivity index (χ4n) is 1.06. The Kier molecular flexibility index (Phi) is 4.02. The summed E-state index contributed by atoms with van der Waals surface area (Å²) >= 11 is 5.24. The van der Waals surface area contributed by atoms with Crippen molar-refractivity contribution in [3.05, 3.63) is 0 Å². The second kappa shape index (κ2) is 5.07. The molecule has 0 unspecified atom stereocenters. The molecule has 0 aromatic carbocycles. The minimum Gasteiger partial charge on any atom is -0.352 e. The Morgan fingerprint density at radius 2 is 2.00 bits per heavy atom. The van der Waals surface area contributed by atoms with E-state index in [0.29, 0.717) is 6.04 Å². The SMILES string of the molecule is O=C(CCl)NCC(=O)NC1CCC1. The van der Waals surface area contributed by atoms with E-state index in [1.54, 1.807) is 0 Å². The molecule has 5 heteroatoms. The molecule has 2 N–H and O–H groups in total. The molecule has 0 atom stereocenters. The van der Waals surface area contributed by atoms with Gasteiger partial charge in [0, 0.05) is 6.04 Å². The number of rotatable bonds is 4. The average Bonchev–Trinajstić information content (AvgIpc) is 2.07. The molecular formula is C8H13ClN2O2. The first kappa shape index (κ1) is 10.3. The molecule has 13 heavy (non-hydrogen) atoms. The largest absolute Gasteiger partial charge is 0.352 e. The van der Waals surface area contributed by atoms with Gasteiger partial charge in [-0.05, 0) is 19.3 Å². The van der Waals surface area contributed by atoms with Crippen molar-refractivity contribution in [2.24, 2.45) is 0 Å². The number of carbonyl (C=O) groups is 2. The molecule has 2 amide bonds. The van der Waals surface area contributed by atoms with Gasteiger partial charge in [0.15, 0.2) is 0 Å². The van der Waals surface area contributed by atoms with E-state index in [2.05, 4.69) is 10.6 Å². The summed E-state index contributed by atoms with van der Waals surface area (Å²) in [7, 11) is 0. The summed E-state index contributed by atoms with van der Waals surface area (Å²) in [6.07, 6.45) is 3.28. The molecule has 1 aliphatic carbocycles. The smallest absolute Gasteiger partial charge is 0.239 e. The van der Waals surface area contributed by atoms with Gasteiger partial charge in [-0.1, -0.05) is 0 Å². The summed E-state index contributed by atoms with van der Waals surface area (Å²) in [4.78, 5) is 21.8. The molecule has 74 valence electrons. The fraction of sp³-hybridized carbons (Fsp3) is 0.750. The van der Waals surface area contributed by atoms with E-state index in [0.717, 1.165) is 12.8 Å². The van der Waals surface area contributed by atoms with Gasteiger partial charge in [0.25, 0.3) is 0 Å². The predicted molar refractivity (Wildman–Crippen MR) is 49.5 cm³/mol. The van der Waals surface area contributed by atoms with Gasteiger partial charge < -0.3 is 10.6 Å². The van der Waals surface area contributed by atoms with E-state index < -0.39 is 0 Å². The van der Waals surface area contributed by atoms with Crippen LogP contribution in [-0.4, -0.2) is 30.3 Å². The minimum absolute atomic E-state index is 0.0298. The lowest BCUT2D eigenvalue weighted by Gasteiger charge is -2.26. The number of amides is 2. The molecular weight excluding hydrogens is 192 g/mol. The first-order chi connectivity index (χ1) is 6.22. The van der Waals surface area contributed by atoms with Crippen molar-refractivity contribution in [2.45, 2.75) is 25.3 Å². The quantitative estimate of drug-likeness (QED) is 0.634. The third kappa shape index (κ3) is 3.63. The number of alkyl halides is 1. The molecule has 1 fully saturated rings. The third-order valence-electron chi connectivity index (χ3n) is 2.04. The summed E-state index contributed by atoms with van der Waals surface area (Å²) in [6.45, 7) is 0.0298. The Morgan fingerprint density at radius 3 is 2.46 bits per heavy atom. The molecule has 0 heterocycles. The van der Waals surface area contributed by atoms with Gasteiger partial charge in [-0.3, -0.25) is 9.59 Å². The molecule has 0 aliphatic heterocycles. The van der Waals surface area contributed by atoms with E-state index in [4.69, 9.17) is 11.6 Å². The monoisotopic (exact) mass is 204 g/mol. The molecule has 0 bridgehead atoms. The standard InChI is InChI=1S/C8H13ClN2O2/c9-4-7(12)10-5-8(13)11-6-2-1-3-6/h6H,1-5H2,(H,10,12)(H,11,13).